The third-order valence-corrected chi connectivity index (χ3v) is 6.17. The Balaban J connectivity index is 1.46. The van der Waals surface area contributed by atoms with E-state index in [9.17, 15) is 5.11 Å². The summed E-state index contributed by atoms with van der Waals surface area (Å²) in [6.07, 6.45) is 2.76. The van der Waals surface area contributed by atoms with Gasteiger partial charge in [0.1, 0.15) is 0 Å². The Labute approximate surface area is 133 Å². The van der Waals surface area contributed by atoms with E-state index in [1.807, 2.05) is 17.4 Å². The molecule has 2 aliphatic heterocycles. The zero-order valence-electron chi connectivity index (χ0n) is 12.5. The maximum Gasteiger partial charge on any atom is 0.0749 e. The third-order valence-electron chi connectivity index (χ3n) is 5.07. The zero-order valence-corrected chi connectivity index (χ0v) is 13.3. The summed E-state index contributed by atoms with van der Waals surface area (Å²) < 4.78 is 5.62. The molecule has 0 amide bonds. The van der Waals surface area contributed by atoms with Crippen molar-refractivity contribution in [3.63, 3.8) is 0 Å². The van der Waals surface area contributed by atoms with Crippen LogP contribution in [0, 0.1) is 11.3 Å². The Morgan fingerprint density at radius 3 is 3.18 bits per heavy atom. The number of aromatic nitrogens is 2. The number of aliphatic hydroxyl groups is 1. The van der Waals surface area contributed by atoms with Crippen LogP contribution in [0.3, 0.4) is 0 Å². The molecule has 0 unspecified atom stereocenters. The molecule has 2 N–H and O–H groups in total. The molecule has 0 bridgehead atoms. The van der Waals surface area contributed by atoms with Crippen molar-refractivity contribution < 1.29 is 9.84 Å². The first-order valence-corrected chi connectivity index (χ1v) is 8.60. The minimum atomic E-state index is 0.0573. The van der Waals surface area contributed by atoms with E-state index >= 15 is 0 Å². The van der Waals surface area contributed by atoms with Gasteiger partial charge in [-0.1, -0.05) is 0 Å². The highest BCUT2D eigenvalue weighted by Crippen LogP contribution is 2.42. The molecule has 2 aromatic heterocycles. The van der Waals surface area contributed by atoms with Crippen LogP contribution in [0.5, 0.6) is 0 Å². The molecule has 6 heteroatoms. The molecule has 2 saturated heterocycles. The van der Waals surface area contributed by atoms with Gasteiger partial charge in [0.25, 0.3) is 0 Å². The van der Waals surface area contributed by atoms with Crippen LogP contribution < -0.4 is 0 Å². The average molecular weight is 319 g/mol. The number of hydrogen-bond donors (Lipinski definition) is 2. The Bertz CT molecular complexity index is 627. The van der Waals surface area contributed by atoms with Crippen LogP contribution in [-0.4, -0.2) is 53.1 Å². The van der Waals surface area contributed by atoms with Crippen molar-refractivity contribution in [2.45, 2.75) is 13.0 Å². The molecule has 5 nitrogen and oxygen atoms in total. The number of hydrogen-bond acceptors (Lipinski definition) is 5. The lowest BCUT2D eigenvalue weighted by Gasteiger charge is -2.36. The van der Waals surface area contributed by atoms with Crippen LogP contribution >= 0.6 is 11.3 Å². The second-order valence-corrected chi connectivity index (χ2v) is 7.62. The van der Waals surface area contributed by atoms with Crippen molar-refractivity contribution in [1.29, 1.82) is 0 Å². The van der Waals surface area contributed by atoms with Crippen LogP contribution in [0.25, 0.3) is 10.6 Å². The lowest BCUT2D eigenvalue weighted by Crippen LogP contribution is -2.41. The van der Waals surface area contributed by atoms with E-state index in [4.69, 9.17) is 4.74 Å². The van der Waals surface area contributed by atoms with Crippen LogP contribution in [0.1, 0.15) is 11.3 Å². The Morgan fingerprint density at radius 1 is 1.45 bits per heavy atom. The summed E-state index contributed by atoms with van der Waals surface area (Å²) in [7, 11) is 0. The summed E-state index contributed by atoms with van der Waals surface area (Å²) in [6, 6.07) is 6.35. The fourth-order valence-corrected chi connectivity index (χ4v) is 4.78. The second-order valence-electron chi connectivity index (χ2n) is 6.45. The van der Waals surface area contributed by atoms with E-state index in [2.05, 4.69) is 27.2 Å². The number of rotatable bonds is 4. The molecule has 0 spiro atoms. The number of nitrogens with zero attached hydrogens (tertiary/aromatic N) is 2. The van der Waals surface area contributed by atoms with Crippen molar-refractivity contribution in [3.8, 4) is 10.6 Å². The minimum Gasteiger partial charge on any atom is -0.396 e. The van der Waals surface area contributed by atoms with Crippen molar-refractivity contribution in [2.75, 3.05) is 32.9 Å². The van der Waals surface area contributed by atoms with Gasteiger partial charge in [-0.3, -0.25) is 10.00 Å². The maximum atomic E-state index is 9.87. The molecule has 0 saturated carbocycles. The van der Waals surface area contributed by atoms with Gasteiger partial charge >= 0.3 is 0 Å². The number of aromatic amines is 1. The molecular formula is C16H21N3O2S. The van der Waals surface area contributed by atoms with Gasteiger partial charge in [-0.2, -0.15) is 5.10 Å². The molecule has 0 aliphatic carbocycles. The predicted molar refractivity (Wildman–Crippen MR) is 85.6 cm³/mol. The quantitative estimate of drug-likeness (QED) is 0.904. The Kier molecular flexibility index (Phi) is 3.78. The number of aliphatic hydroxyl groups excluding tert-OH is 1. The van der Waals surface area contributed by atoms with E-state index in [1.54, 1.807) is 6.20 Å². The zero-order chi connectivity index (χ0) is 15.0. The smallest absolute Gasteiger partial charge is 0.0749 e. The van der Waals surface area contributed by atoms with Crippen LogP contribution in [-0.2, 0) is 11.3 Å². The molecule has 0 radical (unpaired) electrons. The molecule has 118 valence electrons. The molecular weight excluding hydrogens is 298 g/mol. The van der Waals surface area contributed by atoms with E-state index in [0.29, 0.717) is 5.92 Å². The van der Waals surface area contributed by atoms with Crippen LogP contribution in [0.4, 0.5) is 0 Å². The summed E-state index contributed by atoms with van der Waals surface area (Å²) in [5.41, 5.74) is 1.13. The highest BCUT2D eigenvalue weighted by atomic mass is 32.1. The number of H-pyrrole nitrogens is 1. The van der Waals surface area contributed by atoms with Gasteiger partial charge in [-0.15, -0.1) is 11.3 Å². The first-order chi connectivity index (χ1) is 10.8. The molecule has 2 aliphatic rings. The van der Waals surface area contributed by atoms with Gasteiger partial charge in [0.15, 0.2) is 0 Å². The summed E-state index contributed by atoms with van der Waals surface area (Å²) in [5, 5.41) is 16.9. The lowest BCUT2D eigenvalue weighted by atomic mass is 9.75. The maximum absolute atomic E-state index is 9.87. The van der Waals surface area contributed by atoms with Crippen molar-refractivity contribution in [3.05, 3.63) is 29.3 Å². The molecule has 4 rings (SSSR count). The van der Waals surface area contributed by atoms with Gasteiger partial charge < -0.3 is 9.84 Å². The van der Waals surface area contributed by atoms with Gasteiger partial charge in [0.05, 0.1) is 23.8 Å². The number of nitrogens with one attached hydrogen (secondary N) is 1. The Morgan fingerprint density at radius 2 is 2.41 bits per heavy atom. The molecule has 2 aromatic rings. The summed E-state index contributed by atoms with van der Waals surface area (Å²) in [5.74, 6) is 0.471. The van der Waals surface area contributed by atoms with Gasteiger partial charge in [0, 0.05) is 48.6 Å². The fourth-order valence-electron chi connectivity index (χ4n) is 3.76. The predicted octanol–water partition coefficient (Wildman–Crippen LogP) is 1.97. The summed E-state index contributed by atoms with van der Waals surface area (Å²) in [4.78, 5) is 5.06. The fraction of sp³-hybridized carbons (Fsp3) is 0.562. The summed E-state index contributed by atoms with van der Waals surface area (Å²) in [6.45, 7) is 4.82. The number of ether oxygens (including phenoxy) is 1. The lowest BCUT2D eigenvalue weighted by molar-refractivity contribution is -0.0417. The van der Waals surface area contributed by atoms with Crippen LogP contribution in [0.2, 0.25) is 0 Å². The number of fused-ring (bicyclic) bond motifs is 1. The van der Waals surface area contributed by atoms with Gasteiger partial charge in [-0.25, -0.2) is 0 Å². The van der Waals surface area contributed by atoms with Crippen molar-refractivity contribution in [1.82, 2.24) is 15.1 Å². The van der Waals surface area contributed by atoms with Crippen LogP contribution in [0.15, 0.2) is 24.4 Å². The van der Waals surface area contributed by atoms with Crippen molar-refractivity contribution in [2.24, 2.45) is 11.3 Å². The van der Waals surface area contributed by atoms with Gasteiger partial charge in [0.2, 0.25) is 0 Å². The Hall–Kier alpha value is -1.21. The van der Waals surface area contributed by atoms with E-state index in [0.717, 1.165) is 45.0 Å². The summed E-state index contributed by atoms with van der Waals surface area (Å²) >= 11 is 1.81. The first-order valence-electron chi connectivity index (χ1n) is 7.78. The third kappa shape index (κ3) is 2.50. The monoisotopic (exact) mass is 319 g/mol. The van der Waals surface area contributed by atoms with Crippen molar-refractivity contribution >= 4 is 11.3 Å². The molecule has 2 atom stereocenters. The van der Waals surface area contributed by atoms with E-state index in [1.165, 1.54) is 9.75 Å². The largest absolute Gasteiger partial charge is 0.396 e. The number of likely N-dealkylation sites (tertiary alicyclic amines) is 1. The standard InChI is InChI=1S/C16H21N3O2S/c20-11-16-4-6-21-9-12(16)7-19(10-16)8-13-1-2-15(22-13)14-3-5-17-18-14/h1-3,5,12,20H,4,6-11H2,(H,17,18)/t12-,16-/m1/s1. The van der Waals surface area contributed by atoms with E-state index < -0.39 is 0 Å². The highest BCUT2D eigenvalue weighted by molar-refractivity contribution is 7.15. The normalized spacial score (nSPS) is 28.9. The second kappa shape index (κ2) is 5.77. The van der Waals surface area contributed by atoms with Gasteiger partial charge in [-0.05, 0) is 24.6 Å². The minimum absolute atomic E-state index is 0.0573. The van der Waals surface area contributed by atoms with E-state index in [-0.39, 0.29) is 12.0 Å². The molecule has 4 heterocycles. The SMILES string of the molecule is OC[C@]12CCOC[C@H]1CN(Cc1ccc(-c3ccn[nH]3)s1)C2. The first kappa shape index (κ1) is 14.4. The molecule has 0 aromatic carbocycles. The molecule has 22 heavy (non-hydrogen) atoms. The topological polar surface area (TPSA) is 61.4 Å². The number of thiophene rings is 1. The average Bonchev–Trinajstić information content (AvgIpc) is 3.26. The molecule has 2 fully saturated rings. The highest BCUT2D eigenvalue weighted by Gasteiger charge is 2.47.